The minimum atomic E-state index is -0.644. The Bertz CT molecular complexity index is 570. The van der Waals surface area contributed by atoms with Gasteiger partial charge in [0.1, 0.15) is 5.60 Å². The number of benzene rings is 1. The molecule has 0 atom stereocenters. The molecule has 114 valence electrons. The molecule has 1 fully saturated rings. The van der Waals surface area contributed by atoms with Crippen LogP contribution in [0.1, 0.15) is 51.2 Å². The number of rotatable bonds is 1. The van der Waals surface area contributed by atoms with Crippen molar-refractivity contribution in [2.45, 2.75) is 57.7 Å². The first-order chi connectivity index (χ1) is 9.78. The van der Waals surface area contributed by atoms with Gasteiger partial charge in [0.05, 0.1) is 11.3 Å². The van der Waals surface area contributed by atoms with Crippen molar-refractivity contribution in [1.29, 1.82) is 0 Å². The lowest BCUT2D eigenvalue weighted by Crippen LogP contribution is -2.35. The van der Waals surface area contributed by atoms with Gasteiger partial charge in [-0.25, -0.2) is 4.79 Å². The fourth-order valence-electron chi connectivity index (χ4n) is 3.00. The lowest BCUT2D eigenvalue weighted by Gasteiger charge is -2.37. The van der Waals surface area contributed by atoms with Gasteiger partial charge >= 0.3 is 6.09 Å². The molecule has 4 nitrogen and oxygen atoms in total. The quantitative estimate of drug-likeness (QED) is 0.862. The highest BCUT2D eigenvalue weighted by molar-refractivity contribution is 5.90. The Morgan fingerprint density at radius 2 is 2.05 bits per heavy atom. The van der Waals surface area contributed by atoms with Crippen LogP contribution in [0.2, 0.25) is 0 Å². The molecule has 1 aromatic rings. The van der Waals surface area contributed by atoms with Crippen LogP contribution in [0.25, 0.3) is 0 Å². The minimum absolute atomic E-state index is 0.295. The molecule has 2 aliphatic rings. The van der Waals surface area contributed by atoms with Crippen LogP contribution in [0.3, 0.4) is 0 Å². The number of aliphatic hydroxyl groups is 1. The van der Waals surface area contributed by atoms with Gasteiger partial charge in [0.15, 0.2) is 0 Å². The number of anilines is 1. The van der Waals surface area contributed by atoms with Crippen LogP contribution in [0.4, 0.5) is 10.5 Å². The molecular formula is C17H23NO3. The van der Waals surface area contributed by atoms with E-state index in [4.69, 9.17) is 4.74 Å². The summed E-state index contributed by atoms with van der Waals surface area (Å²) in [7, 11) is 0. The van der Waals surface area contributed by atoms with Crippen LogP contribution < -0.4 is 4.90 Å². The number of hydrogen-bond acceptors (Lipinski definition) is 3. The predicted octanol–water partition coefficient (Wildman–Crippen LogP) is 3.36. The van der Waals surface area contributed by atoms with Crippen molar-refractivity contribution in [3.8, 4) is 0 Å². The summed E-state index contributed by atoms with van der Waals surface area (Å²) in [6, 6.07) is 5.94. The van der Waals surface area contributed by atoms with Gasteiger partial charge in [0.25, 0.3) is 0 Å². The van der Waals surface area contributed by atoms with Gasteiger partial charge in [-0.2, -0.15) is 0 Å². The molecular weight excluding hydrogens is 266 g/mol. The maximum atomic E-state index is 12.2. The van der Waals surface area contributed by atoms with E-state index in [1.165, 1.54) is 0 Å². The average molecular weight is 289 g/mol. The third-order valence-electron chi connectivity index (χ3n) is 4.31. The van der Waals surface area contributed by atoms with E-state index in [0.29, 0.717) is 6.54 Å². The highest BCUT2D eigenvalue weighted by Gasteiger charge is 2.37. The number of ether oxygens (including phenoxy) is 1. The van der Waals surface area contributed by atoms with Crippen LogP contribution in [0.5, 0.6) is 0 Å². The molecule has 3 rings (SSSR count). The Labute approximate surface area is 125 Å². The van der Waals surface area contributed by atoms with Crippen LogP contribution in [0.15, 0.2) is 18.2 Å². The molecule has 1 heterocycles. The largest absolute Gasteiger partial charge is 0.443 e. The Balaban J connectivity index is 1.82. The second-order valence-electron chi connectivity index (χ2n) is 7.11. The second-order valence-corrected chi connectivity index (χ2v) is 7.11. The van der Waals surface area contributed by atoms with Crippen molar-refractivity contribution in [2.24, 2.45) is 0 Å². The third kappa shape index (κ3) is 2.64. The van der Waals surface area contributed by atoms with Gasteiger partial charge < -0.3 is 9.84 Å². The Kier molecular flexibility index (Phi) is 3.24. The number of amides is 1. The van der Waals surface area contributed by atoms with Gasteiger partial charge in [0, 0.05) is 6.54 Å². The molecule has 0 spiro atoms. The first-order valence-electron chi connectivity index (χ1n) is 7.65. The summed E-state index contributed by atoms with van der Waals surface area (Å²) in [5.74, 6) is 0. The maximum Gasteiger partial charge on any atom is 0.414 e. The molecule has 1 saturated carbocycles. The summed E-state index contributed by atoms with van der Waals surface area (Å²) in [4.78, 5) is 13.9. The molecule has 4 heteroatoms. The SMILES string of the molecule is CC(C)(C)OC(=O)N1CCc2cc(C3(O)CCC3)ccc21. The lowest BCUT2D eigenvalue weighted by molar-refractivity contribution is -0.0388. The molecule has 0 saturated heterocycles. The molecule has 0 bridgehead atoms. The van der Waals surface area contributed by atoms with E-state index in [9.17, 15) is 9.90 Å². The van der Waals surface area contributed by atoms with E-state index in [1.54, 1.807) is 4.90 Å². The second kappa shape index (κ2) is 4.73. The van der Waals surface area contributed by atoms with Crippen molar-refractivity contribution in [3.63, 3.8) is 0 Å². The van der Waals surface area contributed by atoms with Gasteiger partial charge in [-0.3, -0.25) is 4.90 Å². The molecule has 0 aromatic heterocycles. The zero-order valence-corrected chi connectivity index (χ0v) is 13.0. The Morgan fingerprint density at radius 3 is 2.62 bits per heavy atom. The summed E-state index contributed by atoms with van der Waals surface area (Å²) >= 11 is 0. The zero-order chi connectivity index (χ0) is 15.3. The van der Waals surface area contributed by atoms with E-state index in [2.05, 4.69) is 6.07 Å². The highest BCUT2D eigenvalue weighted by atomic mass is 16.6. The Morgan fingerprint density at radius 1 is 1.33 bits per heavy atom. The summed E-state index contributed by atoms with van der Waals surface area (Å²) in [5.41, 5.74) is 1.89. The van der Waals surface area contributed by atoms with Gasteiger partial charge in [-0.1, -0.05) is 12.1 Å². The molecule has 1 N–H and O–H groups in total. The molecule has 0 radical (unpaired) electrons. The van der Waals surface area contributed by atoms with Crippen LogP contribution in [-0.2, 0) is 16.8 Å². The molecule has 1 aromatic carbocycles. The molecule has 21 heavy (non-hydrogen) atoms. The first kappa shape index (κ1) is 14.4. The van der Waals surface area contributed by atoms with Crippen molar-refractivity contribution < 1.29 is 14.6 Å². The van der Waals surface area contributed by atoms with Gasteiger partial charge in [-0.15, -0.1) is 0 Å². The van der Waals surface area contributed by atoms with E-state index in [0.717, 1.165) is 42.5 Å². The van der Waals surface area contributed by atoms with E-state index >= 15 is 0 Å². The molecule has 1 amide bonds. The predicted molar refractivity (Wildman–Crippen MR) is 81.5 cm³/mol. The monoisotopic (exact) mass is 289 g/mol. The van der Waals surface area contributed by atoms with Crippen molar-refractivity contribution in [3.05, 3.63) is 29.3 Å². The Hall–Kier alpha value is -1.55. The fourth-order valence-corrected chi connectivity index (χ4v) is 3.00. The standard InChI is InChI=1S/C17H23NO3/c1-16(2,3)21-15(19)18-10-7-12-11-13(5-6-14(12)18)17(20)8-4-9-17/h5-6,11,20H,4,7-10H2,1-3H3. The molecule has 1 aliphatic heterocycles. The summed E-state index contributed by atoms with van der Waals surface area (Å²) < 4.78 is 5.45. The average Bonchev–Trinajstić information content (AvgIpc) is 2.76. The minimum Gasteiger partial charge on any atom is -0.443 e. The number of carbonyl (C=O) groups excluding carboxylic acids is 1. The summed E-state index contributed by atoms with van der Waals surface area (Å²) in [6.45, 7) is 6.26. The van der Waals surface area contributed by atoms with Crippen molar-refractivity contribution >= 4 is 11.8 Å². The smallest absolute Gasteiger partial charge is 0.414 e. The van der Waals surface area contributed by atoms with Crippen molar-refractivity contribution in [2.75, 3.05) is 11.4 Å². The number of carbonyl (C=O) groups is 1. The molecule has 0 unspecified atom stereocenters. The normalized spacial score (nSPS) is 19.9. The number of nitrogens with zero attached hydrogens (tertiary/aromatic N) is 1. The number of hydrogen-bond donors (Lipinski definition) is 1. The van der Waals surface area contributed by atoms with Gasteiger partial charge in [0.2, 0.25) is 0 Å². The fraction of sp³-hybridized carbons (Fsp3) is 0.588. The third-order valence-corrected chi connectivity index (χ3v) is 4.31. The van der Waals surface area contributed by atoms with Crippen LogP contribution in [-0.4, -0.2) is 23.3 Å². The maximum absolute atomic E-state index is 12.2. The zero-order valence-electron chi connectivity index (χ0n) is 13.0. The number of fused-ring (bicyclic) bond motifs is 1. The highest BCUT2D eigenvalue weighted by Crippen LogP contribution is 2.43. The van der Waals surface area contributed by atoms with Crippen LogP contribution in [0, 0.1) is 0 Å². The van der Waals surface area contributed by atoms with Gasteiger partial charge in [-0.05, 0) is 63.6 Å². The molecule has 1 aliphatic carbocycles. The first-order valence-corrected chi connectivity index (χ1v) is 7.65. The van der Waals surface area contributed by atoms with E-state index in [1.807, 2.05) is 32.9 Å². The lowest BCUT2D eigenvalue weighted by atomic mass is 9.75. The van der Waals surface area contributed by atoms with Crippen LogP contribution >= 0.6 is 0 Å². The van der Waals surface area contributed by atoms with Crippen molar-refractivity contribution in [1.82, 2.24) is 0 Å². The summed E-state index contributed by atoms with van der Waals surface area (Å²) in [6.07, 6.45) is 3.27. The topological polar surface area (TPSA) is 49.8 Å². The van der Waals surface area contributed by atoms with E-state index in [-0.39, 0.29) is 6.09 Å². The van der Waals surface area contributed by atoms with E-state index < -0.39 is 11.2 Å². The summed E-state index contributed by atoms with van der Waals surface area (Å²) in [5, 5.41) is 10.4.